The van der Waals surface area contributed by atoms with Crippen molar-refractivity contribution in [3.05, 3.63) is 12.7 Å². The highest BCUT2D eigenvalue weighted by Crippen LogP contribution is 2.14. The highest BCUT2D eigenvalue weighted by molar-refractivity contribution is 8.67. The van der Waals surface area contributed by atoms with E-state index in [1.807, 2.05) is 6.08 Å². The fourth-order valence-corrected chi connectivity index (χ4v) is 1.82. The van der Waals surface area contributed by atoms with Gasteiger partial charge in [-0.25, -0.2) is 4.31 Å². The van der Waals surface area contributed by atoms with Crippen LogP contribution < -0.4 is 0 Å². The summed E-state index contributed by atoms with van der Waals surface area (Å²) in [5.41, 5.74) is 0. The number of hydrogen-bond acceptors (Lipinski definition) is 3. The van der Waals surface area contributed by atoms with Gasteiger partial charge in [0.05, 0.1) is 0 Å². The molecular formula is C8H17NS2. The normalized spacial score (nSPS) is 10.5. The summed E-state index contributed by atoms with van der Waals surface area (Å²) in [5.74, 6) is 0. The van der Waals surface area contributed by atoms with Crippen LogP contribution in [0.1, 0.15) is 26.2 Å². The van der Waals surface area contributed by atoms with Gasteiger partial charge in [0.25, 0.3) is 0 Å². The monoisotopic (exact) mass is 191 g/mol. The fraction of sp³-hybridized carbons (Fsp3) is 0.750. The van der Waals surface area contributed by atoms with Crippen LogP contribution in [0.3, 0.4) is 0 Å². The first-order valence-corrected chi connectivity index (χ1v) is 5.85. The molecule has 0 unspecified atom stereocenters. The smallest absolute Gasteiger partial charge is 0.0100 e. The standard InChI is InChI=1S/C8H17NS2/c1-3-5-6-8-9(11-10)7-4-2/h3,10H,1,4-8H2,2H3. The Kier molecular flexibility index (Phi) is 8.81. The number of unbranched alkanes of at least 4 members (excludes halogenated alkanes) is 1. The van der Waals surface area contributed by atoms with Gasteiger partial charge in [0, 0.05) is 13.1 Å². The van der Waals surface area contributed by atoms with E-state index in [9.17, 15) is 0 Å². The molecule has 11 heavy (non-hydrogen) atoms. The highest BCUT2D eigenvalue weighted by Gasteiger charge is 1.99. The van der Waals surface area contributed by atoms with Crippen molar-refractivity contribution in [3.8, 4) is 0 Å². The minimum atomic E-state index is 1.11. The molecule has 0 saturated carbocycles. The Morgan fingerprint density at radius 2 is 2.27 bits per heavy atom. The third kappa shape index (κ3) is 6.78. The third-order valence-electron chi connectivity index (χ3n) is 1.40. The predicted octanol–water partition coefficient (Wildman–Crippen LogP) is 3.16. The first-order chi connectivity index (χ1) is 5.35. The maximum absolute atomic E-state index is 4.17. The summed E-state index contributed by atoms with van der Waals surface area (Å²) in [6.07, 6.45) is 5.46. The van der Waals surface area contributed by atoms with Crippen LogP contribution in [-0.2, 0) is 0 Å². The number of hydrogen-bond donors (Lipinski definition) is 1. The van der Waals surface area contributed by atoms with E-state index in [0.717, 1.165) is 19.5 Å². The molecule has 0 aromatic heterocycles. The lowest BCUT2D eigenvalue weighted by molar-refractivity contribution is 0.464. The Bertz CT molecular complexity index is 96.1. The van der Waals surface area contributed by atoms with Crippen molar-refractivity contribution in [2.45, 2.75) is 26.2 Å². The zero-order valence-electron chi connectivity index (χ0n) is 7.12. The van der Waals surface area contributed by atoms with Crippen LogP contribution in [0.5, 0.6) is 0 Å². The van der Waals surface area contributed by atoms with Crippen LogP contribution in [-0.4, -0.2) is 17.4 Å². The Morgan fingerprint density at radius 3 is 2.73 bits per heavy atom. The third-order valence-corrected chi connectivity index (χ3v) is 2.69. The number of rotatable bonds is 7. The molecule has 1 nitrogen and oxygen atoms in total. The molecule has 0 aromatic carbocycles. The summed E-state index contributed by atoms with van der Waals surface area (Å²) in [4.78, 5) is 0. The molecule has 0 heterocycles. The molecule has 0 aliphatic carbocycles. The second-order valence-corrected chi connectivity index (χ2v) is 3.61. The highest BCUT2D eigenvalue weighted by atomic mass is 33.1. The van der Waals surface area contributed by atoms with Gasteiger partial charge in [0.1, 0.15) is 0 Å². The van der Waals surface area contributed by atoms with Crippen molar-refractivity contribution in [2.24, 2.45) is 0 Å². The van der Waals surface area contributed by atoms with E-state index in [-0.39, 0.29) is 0 Å². The van der Waals surface area contributed by atoms with Crippen molar-refractivity contribution in [2.75, 3.05) is 13.1 Å². The summed E-state index contributed by atoms with van der Waals surface area (Å²) in [6.45, 7) is 8.12. The van der Waals surface area contributed by atoms with Crippen LogP contribution in [0.4, 0.5) is 0 Å². The first-order valence-electron chi connectivity index (χ1n) is 4.02. The Balaban J connectivity index is 3.27. The van der Waals surface area contributed by atoms with Gasteiger partial charge in [-0.3, -0.25) is 0 Å². The molecule has 0 amide bonds. The molecule has 3 heteroatoms. The Labute approximate surface area is 79.2 Å². The molecule has 0 bridgehead atoms. The molecule has 0 radical (unpaired) electrons. The summed E-state index contributed by atoms with van der Waals surface area (Å²) in [7, 11) is 1.54. The van der Waals surface area contributed by atoms with Gasteiger partial charge in [-0.2, -0.15) is 0 Å². The first kappa shape index (κ1) is 11.4. The van der Waals surface area contributed by atoms with Gasteiger partial charge in [0.15, 0.2) is 0 Å². The van der Waals surface area contributed by atoms with Crippen molar-refractivity contribution >= 4 is 22.6 Å². The van der Waals surface area contributed by atoms with Crippen LogP contribution in [0.15, 0.2) is 12.7 Å². The lowest BCUT2D eigenvalue weighted by Crippen LogP contribution is -2.16. The van der Waals surface area contributed by atoms with Crippen LogP contribution in [0, 0.1) is 0 Å². The second-order valence-electron chi connectivity index (χ2n) is 2.44. The number of allylic oxidation sites excluding steroid dienone is 1. The number of nitrogens with zero attached hydrogens (tertiary/aromatic N) is 1. The van der Waals surface area contributed by atoms with Gasteiger partial charge in [0.2, 0.25) is 0 Å². The number of thiol groups is 1. The van der Waals surface area contributed by atoms with Gasteiger partial charge >= 0.3 is 0 Å². The van der Waals surface area contributed by atoms with Crippen molar-refractivity contribution < 1.29 is 0 Å². The minimum Gasteiger partial charge on any atom is -0.241 e. The average molecular weight is 191 g/mol. The Morgan fingerprint density at radius 1 is 1.55 bits per heavy atom. The SMILES string of the molecule is C=CCCCN(CCC)SS. The zero-order valence-corrected chi connectivity index (χ0v) is 8.83. The Hall–Kier alpha value is 0.400. The van der Waals surface area contributed by atoms with E-state index in [4.69, 9.17) is 0 Å². The van der Waals surface area contributed by atoms with Crippen molar-refractivity contribution in [1.82, 2.24) is 4.31 Å². The van der Waals surface area contributed by atoms with Gasteiger partial charge in [-0.1, -0.05) is 24.7 Å². The fourth-order valence-electron chi connectivity index (χ4n) is 0.855. The molecule has 66 valence electrons. The lowest BCUT2D eigenvalue weighted by Gasteiger charge is -2.16. The predicted molar refractivity (Wildman–Crippen MR) is 57.9 cm³/mol. The van der Waals surface area contributed by atoms with E-state index in [1.165, 1.54) is 23.8 Å². The molecule has 0 spiro atoms. The molecule has 0 atom stereocenters. The molecule has 0 fully saturated rings. The van der Waals surface area contributed by atoms with E-state index in [2.05, 4.69) is 29.5 Å². The summed E-state index contributed by atoms with van der Waals surface area (Å²) in [6, 6.07) is 0. The molecule has 0 aliphatic heterocycles. The summed E-state index contributed by atoms with van der Waals surface area (Å²) in [5, 5.41) is 0. The van der Waals surface area contributed by atoms with E-state index in [1.54, 1.807) is 0 Å². The van der Waals surface area contributed by atoms with Crippen molar-refractivity contribution in [3.63, 3.8) is 0 Å². The molecule has 0 saturated heterocycles. The minimum absolute atomic E-state index is 1.11. The average Bonchev–Trinajstić information content (AvgIpc) is 2.03. The van der Waals surface area contributed by atoms with E-state index in [0.29, 0.717) is 0 Å². The van der Waals surface area contributed by atoms with Crippen LogP contribution in [0.25, 0.3) is 0 Å². The van der Waals surface area contributed by atoms with Crippen molar-refractivity contribution in [1.29, 1.82) is 0 Å². The molecule has 0 rings (SSSR count). The quantitative estimate of drug-likeness (QED) is 0.216. The van der Waals surface area contributed by atoms with Crippen LogP contribution >= 0.6 is 22.6 Å². The molecule has 0 aromatic rings. The van der Waals surface area contributed by atoms with Gasteiger partial charge < -0.3 is 0 Å². The van der Waals surface area contributed by atoms with Crippen LogP contribution in [0.2, 0.25) is 0 Å². The zero-order chi connectivity index (χ0) is 8.53. The maximum Gasteiger partial charge on any atom is 0.0100 e. The van der Waals surface area contributed by atoms with Gasteiger partial charge in [-0.05, 0) is 30.2 Å². The topological polar surface area (TPSA) is 3.24 Å². The summed E-state index contributed by atoms with van der Waals surface area (Å²) >= 11 is 4.17. The molecule has 0 N–H and O–H groups in total. The maximum atomic E-state index is 4.17. The van der Waals surface area contributed by atoms with E-state index < -0.39 is 0 Å². The summed E-state index contributed by atoms with van der Waals surface area (Å²) < 4.78 is 2.27. The van der Waals surface area contributed by atoms with Gasteiger partial charge in [-0.15, -0.1) is 6.58 Å². The molecular weight excluding hydrogens is 174 g/mol. The lowest BCUT2D eigenvalue weighted by atomic mass is 10.3. The molecule has 0 aliphatic rings. The second kappa shape index (κ2) is 8.50. The largest absolute Gasteiger partial charge is 0.241 e. The van der Waals surface area contributed by atoms with E-state index >= 15 is 0 Å².